The summed E-state index contributed by atoms with van der Waals surface area (Å²) in [5.41, 5.74) is 0.142. The highest BCUT2D eigenvalue weighted by molar-refractivity contribution is 7.09. The summed E-state index contributed by atoms with van der Waals surface area (Å²) in [6.07, 6.45) is 1.76. The molecule has 1 aromatic rings. The van der Waals surface area contributed by atoms with E-state index in [-0.39, 0.29) is 17.5 Å². The van der Waals surface area contributed by atoms with Gasteiger partial charge in [-0.2, -0.15) is 0 Å². The van der Waals surface area contributed by atoms with Gasteiger partial charge in [0.15, 0.2) is 0 Å². The van der Waals surface area contributed by atoms with Crippen molar-refractivity contribution in [3.05, 3.63) is 16.1 Å². The van der Waals surface area contributed by atoms with Gasteiger partial charge in [0.25, 0.3) is 5.91 Å². The SMILES string of the molecule is CCCNC(=O)c1csc(CN(CCC)C(=O)NC(C)(C)C)n1. The lowest BCUT2D eigenvalue weighted by molar-refractivity contribution is 0.0949. The molecule has 0 aliphatic heterocycles. The maximum absolute atomic E-state index is 12.3. The number of nitrogens with one attached hydrogen (secondary N) is 2. The zero-order valence-electron chi connectivity index (χ0n) is 14.7. The minimum absolute atomic E-state index is 0.105. The molecule has 0 bridgehead atoms. The number of aromatic nitrogens is 1. The zero-order valence-corrected chi connectivity index (χ0v) is 15.5. The average molecular weight is 340 g/mol. The van der Waals surface area contributed by atoms with E-state index >= 15 is 0 Å². The third-order valence-electron chi connectivity index (χ3n) is 2.91. The molecule has 0 radical (unpaired) electrons. The van der Waals surface area contributed by atoms with Crippen LogP contribution in [0.3, 0.4) is 0 Å². The Morgan fingerprint density at radius 1 is 1.26 bits per heavy atom. The molecule has 130 valence electrons. The number of rotatable bonds is 7. The molecule has 0 aromatic carbocycles. The average Bonchev–Trinajstić information content (AvgIpc) is 2.91. The number of hydrogen-bond donors (Lipinski definition) is 2. The fraction of sp³-hybridized carbons (Fsp3) is 0.688. The van der Waals surface area contributed by atoms with Crippen LogP contribution in [0.25, 0.3) is 0 Å². The Balaban J connectivity index is 2.72. The minimum atomic E-state index is -0.281. The number of urea groups is 1. The maximum atomic E-state index is 12.3. The van der Waals surface area contributed by atoms with Crippen LogP contribution < -0.4 is 10.6 Å². The summed E-state index contributed by atoms with van der Waals surface area (Å²) in [6.45, 7) is 11.6. The number of thiazole rings is 1. The van der Waals surface area contributed by atoms with Crippen LogP contribution in [-0.2, 0) is 6.54 Å². The second-order valence-corrected chi connectivity index (χ2v) is 7.43. The van der Waals surface area contributed by atoms with Crippen molar-refractivity contribution in [2.45, 2.75) is 59.5 Å². The Kier molecular flexibility index (Phi) is 7.48. The highest BCUT2D eigenvalue weighted by atomic mass is 32.1. The Morgan fingerprint density at radius 3 is 2.52 bits per heavy atom. The van der Waals surface area contributed by atoms with Crippen LogP contribution in [0.4, 0.5) is 4.79 Å². The van der Waals surface area contributed by atoms with Gasteiger partial charge >= 0.3 is 6.03 Å². The van der Waals surface area contributed by atoms with Gasteiger partial charge in [0.1, 0.15) is 10.7 Å². The molecule has 0 spiro atoms. The number of carbonyl (C=O) groups is 2. The van der Waals surface area contributed by atoms with Gasteiger partial charge in [-0.3, -0.25) is 4.79 Å². The molecule has 23 heavy (non-hydrogen) atoms. The van der Waals surface area contributed by atoms with Crippen molar-refractivity contribution in [2.75, 3.05) is 13.1 Å². The van der Waals surface area contributed by atoms with Crippen LogP contribution in [0.5, 0.6) is 0 Å². The first-order valence-electron chi connectivity index (χ1n) is 8.06. The number of carbonyl (C=O) groups excluding carboxylic acids is 2. The Labute approximate surface area is 142 Å². The summed E-state index contributed by atoms with van der Waals surface area (Å²) < 4.78 is 0. The van der Waals surface area contributed by atoms with Gasteiger partial charge in [-0.25, -0.2) is 9.78 Å². The highest BCUT2D eigenvalue weighted by Crippen LogP contribution is 2.14. The molecule has 0 aliphatic carbocycles. The van der Waals surface area contributed by atoms with E-state index in [1.165, 1.54) is 11.3 Å². The molecule has 3 amide bonds. The van der Waals surface area contributed by atoms with Gasteiger partial charge in [-0.15, -0.1) is 11.3 Å². The van der Waals surface area contributed by atoms with Crippen molar-refractivity contribution in [1.29, 1.82) is 0 Å². The fourth-order valence-electron chi connectivity index (χ4n) is 1.90. The first-order chi connectivity index (χ1) is 10.8. The predicted molar refractivity (Wildman–Crippen MR) is 93.7 cm³/mol. The van der Waals surface area contributed by atoms with Crippen LogP contribution in [0.1, 0.15) is 63.0 Å². The molecule has 1 aromatic heterocycles. The zero-order chi connectivity index (χ0) is 17.5. The summed E-state index contributed by atoms with van der Waals surface area (Å²) in [6, 6.07) is -0.105. The molecule has 0 aliphatic rings. The van der Waals surface area contributed by atoms with Gasteiger partial charge < -0.3 is 15.5 Å². The molecule has 1 rings (SSSR count). The molecule has 0 atom stereocenters. The Hall–Kier alpha value is -1.63. The van der Waals surface area contributed by atoms with Crippen LogP contribution in [-0.4, -0.2) is 40.5 Å². The first-order valence-corrected chi connectivity index (χ1v) is 8.94. The molecule has 6 nitrogen and oxygen atoms in total. The first kappa shape index (κ1) is 19.4. The summed E-state index contributed by atoms with van der Waals surface area (Å²) in [4.78, 5) is 30.3. The number of amides is 3. The quantitative estimate of drug-likeness (QED) is 0.801. The van der Waals surface area contributed by atoms with Gasteiger partial charge in [0.2, 0.25) is 0 Å². The lowest BCUT2D eigenvalue weighted by Gasteiger charge is -2.27. The maximum Gasteiger partial charge on any atom is 0.318 e. The Morgan fingerprint density at radius 2 is 1.96 bits per heavy atom. The standard InChI is InChI=1S/C16H28N4O2S/c1-6-8-17-14(21)12-11-23-13(18-12)10-20(9-7-2)15(22)19-16(3,4)5/h11H,6-10H2,1-5H3,(H,17,21)(H,19,22). The summed E-state index contributed by atoms with van der Waals surface area (Å²) >= 11 is 1.41. The smallest absolute Gasteiger partial charge is 0.318 e. The topological polar surface area (TPSA) is 74.3 Å². The third kappa shape index (κ3) is 6.99. The van der Waals surface area contributed by atoms with Crippen LogP contribution in [0.2, 0.25) is 0 Å². The van der Waals surface area contributed by atoms with E-state index in [2.05, 4.69) is 15.6 Å². The second-order valence-electron chi connectivity index (χ2n) is 6.48. The van der Waals surface area contributed by atoms with Gasteiger partial charge in [0.05, 0.1) is 6.54 Å². The Bertz CT molecular complexity index is 522. The molecular weight excluding hydrogens is 312 g/mol. The third-order valence-corrected chi connectivity index (χ3v) is 3.74. The van der Waals surface area contributed by atoms with E-state index < -0.39 is 0 Å². The summed E-state index contributed by atoms with van der Waals surface area (Å²) in [5, 5.41) is 8.28. The van der Waals surface area contributed by atoms with Gasteiger partial charge in [-0.05, 0) is 33.6 Å². The number of nitrogens with zero attached hydrogens (tertiary/aromatic N) is 2. The normalized spacial score (nSPS) is 11.2. The van der Waals surface area contributed by atoms with Crippen molar-refractivity contribution in [2.24, 2.45) is 0 Å². The molecule has 7 heteroatoms. The van der Waals surface area contributed by atoms with Crippen LogP contribution in [0, 0.1) is 0 Å². The van der Waals surface area contributed by atoms with Crippen molar-refractivity contribution in [3.8, 4) is 0 Å². The second kappa shape index (κ2) is 8.86. The molecule has 1 heterocycles. The molecule has 2 N–H and O–H groups in total. The van der Waals surface area contributed by atoms with E-state index in [0.29, 0.717) is 25.3 Å². The van der Waals surface area contributed by atoms with Gasteiger partial charge in [-0.1, -0.05) is 13.8 Å². The van der Waals surface area contributed by atoms with E-state index in [4.69, 9.17) is 0 Å². The van der Waals surface area contributed by atoms with Crippen LogP contribution in [0.15, 0.2) is 5.38 Å². The molecular formula is C16H28N4O2S. The van der Waals surface area contributed by atoms with E-state index in [0.717, 1.165) is 17.8 Å². The lowest BCUT2D eigenvalue weighted by Crippen LogP contribution is -2.48. The molecule has 0 fully saturated rings. The van der Waals surface area contributed by atoms with Crippen molar-refractivity contribution < 1.29 is 9.59 Å². The van der Waals surface area contributed by atoms with Crippen molar-refractivity contribution >= 4 is 23.3 Å². The largest absolute Gasteiger partial charge is 0.351 e. The summed E-state index contributed by atoms with van der Waals surface area (Å²) in [7, 11) is 0. The van der Waals surface area contributed by atoms with E-state index in [9.17, 15) is 9.59 Å². The number of hydrogen-bond acceptors (Lipinski definition) is 4. The minimum Gasteiger partial charge on any atom is -0.351 e. The monoisotopic (exact) mass is 340 g/mol. The molecule has 0 unspecified atom stereocenters. The van der Waals surface area contributed by atoms with Gasteiger partial charge in [0, 0.05) is 24.0 Å². The van der Waals surface area contributed by atoms with Crippen molar-refractivity contribution in [1.82, 2.24) is 20.5 Å². The van der Waals surface area contributed by atoms with Crippen molar-refractivity contribution in [3.63, 3.8) is 0 Å². The van der Waals surface area contributed by atoms with Crippen LogP contribution >= 0.6 is 11.3 Å². The van der Waals surface area contributed by atoms with E-state index in [1.807, 2.05) is 34.6 Å². The van der Waals surface area contributed by atoms with E-state index in [1.54, 1.807) is 10.3 Å². The molecule has 0 saturated carbocycles. The predicted octanol–water partition coefficient (Wildman–Crippen LogP) is 3.00. The fourth-order valence-corrected chi connectivity index (χ4v) is 2.69. The highest BCUT2D eigenvalue weighted by Gasteiger charge is 2.20. The molecule has 0 saturated heterocycles. The lowest BCUT2D eigenvalue weighted by atomic mass is 10.1. The summed E-state index contributed by atoms with van der Waals surface area (Å²) in [5.74, 6) is -0.157.